The maximum Gasteiger partial charge on any atom is 0.116 e. The Hall–Kier alpha value is -1.38. The number of benzene rings is 1. The summed E-state index contributed by atoms with van der Waals surface area (Å²) in [5.74, 6) is 0.633. The van der Waals surface area contributed by atoms with Crippen molar-refractivity contribution in [1.82, 2.24) is 15.4 Å². The highest BCUT2D eigenvalue weighted by molar-refractivity contribution is 5.77. The molecular weight excluding hydrogens is 210 g/mol. The number of fused-ring (bicyclic) bond motifs is 1. The molecule has 0 radical (unpaired) electrons. The largest absolute Gasteiger partial charge is 0.258 e. The molecule has 1 aromatic heterocycles. The number of aromatic amines is 1. The number of nitrogens with one attached hydrogen (secondary N) is 1. The van der Waals surface area contributed by atoms with E-state index in [1.54, 1.807) is 0 Å². The number of hydrogen-bond acceptors (Lipinski definition) is 2. The Labute approximate surface area is 103 Å². The second-order valence-corrected chi connectivity index (χ2v) is 4.68. The minimum absolute atomic E-state index is 0.633. The van der Waals surface area contributed by atoms with Crippen molar-refractivity contribution in [3.8, 4) is 0 Å². The van der Waals surface area contributed by atoms with E-state index in [0.29, 0.717) is 5.92 Å². The number of H-pyrrole nitrogens is 1. The predicted molar refractivity (Wildman–Crippen MR) is 71.1 cm³/mol. The van der Waals surface area contributed by atoms with Crippen molar-refractivity contribution in [3.05, 3.63) is 23.8 Å². The number of aromatic nitrogens is 3. The Morgan fingerprint density at radius 2 is 2.06 bits per heavy atom. The van der Waals surface area contributed by atoms with Crippen LogP contribution >= 0.6 is 0 Å². The van der Waals surface area contributed by atoms with Gasteiger partial charge in [0, 0.05) is 0 Å². The van der Waals surface area contributed by atoms with E-state index in [1.165, 1.54) is 37.7 Å². The molecule has 0 saturated heterocycles. The molecule has 1 unspecified atom stereocenters. The van der Waals surface area contributed by atoms with Crippen LogP contribution in [0.3, 0.4) is 0 Å². The Morgan fingerprint density at radius 1 is 1.18 bits per heavy atom. The van der Waals surface area contributed by atoms with Gasteiger partial charge in [-0.25, -0.2) is 0 Å². The van der Waals surface area contributed by atoms with Crippen LogP contribution in [0.25, 0.3) is 11.0 Å². The first kappa shape index (κ1) is 12.1. The normalized spacial score (nSPS) is 13.1. The predicted octanol–water partition coefficient (Wildman–Crippen LogP) is 4.03. The maximum atomic E-state index is 4.22. The molecular formula is C14H21N3. The van der Waals surface area contributed by atoms with Crippen LogP contribution in [0.1, 0.15) is 57.4 Å². The SMILES string of the molecule is CCCCC(CCC)c1cccc2[nH]nnc12. The summed E-state index contributed by atoms with van der Waals surface area (Å²) in [4.78, 5) is 0. The van der Waals surface area contributed by atoms with Crippen molar-refractivity contribution >= 4 is 11.0 Å². The number of rotatable bonds is 6. The molecule has 0 spiro atoms. The Morgan fingerprint density at radius 3 is 2.82 bits per heavy atom. The second-order valence-electron chi connectivity index (χ2n) is 4.68. The van der Waals surface area contributed by atoms with Crippen LogP contribution in [0, 0.1) is 0 Å². The molecule has 2 rings (SSSR count). The summed E-state index contributed by atoms with van der Waals surface area (Å²) in [5.41, 5.74) is 3.48. The fourth-order valence-electron chi connectivity index (χ4n) is 2.48. The van der Waals surface area contributed by atoms with Crippen LogP contribution in [-0.2, 0) is 0 Å². The third kappa shape index (κ3) is 2.65. The lowest BCUT2D eigenvalue weighted by molar-refractivity contribution is 0.543. The summed E-state index contributed by atoms with van der Waals surface area (Å²) in [7, 11) is 0. The smallest absolute Gasteiger partial charge is 0.116 e. The van der Waals surface area contributed by atoms with Crippen molar-refractivity contribution in [2.45, 2.75) is 51.9 Å². The summed E-state index contributed by atoms with van der Waals surface area (Å²) in [6, 6.07) is 6.36. The molecule has 0 saturated carbocycles. The molecule has 0 amide bonds. The molecule has 0 aliphatic rings. The van der Waals surface area contributed by atoms with Crippen LogP contribution in [0.4, 0.5) is 0 Å². The molecule has 3 heteroatoms. The quantitative estimate of drug-likeness (QED) is 0.815. The van der Waals surface area contributed by atoms with Crippen LogP contribution in [0.15, 0.2) is 18.2 Å². The minimum atomic E-state index is 0.633. The van der Waals surface area contributed by atoms with Gasteiger partial charge in [-0.3, -0.25) is 5.10 Å². The van der Waals surface area contributed by atoms with Gasteiger partial charge in [-0.2, -0.15) is 0 Å². The maximum absolute atomic E-state index is 4.22. The fourth-order valence-corrected chi connectivity index (χ4v) is 2.48. The Bertz CT molecular complexity index is 461. The lowest BCUT2D eigenvalue weighted by Gasteiger charge is -2.16. The molecule has 17 heavy (non-hydrogen) atoms. The molecule has 3 nitrogen and oxygen atoms in total. The second kappa shape index (κ2) is 5.80. The summed E-state index contributed by atoms with van der Waals surface area (Å²) < 4.78 is 0. The van der Waals surface area contributed by atoms with E-state index in [2.05, 4.69) is 41.4 Å². The minimum Gasteiger partial charge on any atom is -0.258 e. The van der Waals surface area contributed by atoms with Crippen LogP contribution in [-0.4, -0.2) is 15.4 Å². The summed E-state index contributed by atoms with van der Waals surface area (Å²) in [5, 5.41) is 11.1. The number of unbranched alkanes of at least 4 members (excludes halogenated alkanes) is 1. The van der Waals surface area contributed by atoms with E-state index < -0.39 is 0 Å². The summed E-state index contributed by atoms with van der Waals surface area (Å²) in [6.45, 7) is 4.50. The first-order chi connectivity index (χ1) is 8.36. The van der Waals surface area contributed by atoms with Gasteiger partial charge in [0.05, 0.1) is 5.52 Å². The monoisotopic (exact) mass is 231 g/mol. The third-order valence-corrected chi connectivity index (χ3v) is 3.37. The van der Waals surface area contributed by atoms with Crippen molar-refractivity contribution in [3.63, 3.8) is 0 Å². The topological polar surface area (TPSA) is 41.6 Å². The van der Waals surface area contributed by atoms with Gasteiger partial charge in [-0.05, 0) is 30.4 Å². The van der Waals surface area contributed by atoms with Crippen LogP contribution in [0.5, 0.6) is 0 Å². The van der Waals surface area contributed by atoms with E-state index in [4.69, 9.17) is 0 Å². The van der Waals surface area contributed by atoms with E-state index in [0.717, 1.165) is 11.0 Å². The van der Waals surface area contributed by atoms with Crippen molar-refractivity contribution in [1.29, 1.82) is 0 Å². The zero-order chi connectivity index (χ0) is 12.1. The first-order valence-corrected chi connectivity index (χ1v) is 6.66. The molecule has 1 heterocycles. The average Bonchev–Trinajstić information content (AvgIpc) is 2.82. The number of nitrogens with zero attached hydrogens (tertiary/aromatic N) is 2. The lowest BCUT2D eigenvalue weighted by atomic mass is 9.89. The molecule has 1 N–H and O–H groups in total. The van der Waals surface area contributed by atoms with Crippen LogP contribution in [0.2, 0.25) is 0 Å². The fraction of sp³-hybridized carbons (Fsp3) is 0.571. The molecule has 0 aliphatic heterocycles. The van der Waals surface area contributed by atoms with E-state index in [1.807, 2.05) is 6.07 Å². The van der Waals surface area contributed by atoms with Crippen molar-refractivity contribution in [2.75, 3.05) is 0 Å². The van der Waals surface area contributed by atoms with E-state index in [9.17, 15) is 0 Å². The highest BCUT2D eigenvalue weighted by Crippen LogP contribution is 2.30. The number of hydrogen-bond donors (Lipinski definition) is 1. The van der Waals surface area contributed by atoms with Gasteiger partial charge in [0.15, 0.2) is 0 Å². The Balaban J connectivity index is 2.30. The molecule has 1 atom stereocenters. The lowest BCUT2D eigenvalue weighted by Crippen LogP contribution is -2.00. The highest BCUT2D eigenvalue weighted by atomic mass is 15.3. The van der Waals surface area contributed by atoms with Crippen LogP contribution < -0.4 is 0 Å². The molecule has 2 aromatic rings. The van der Waals surface area contributed by atoms with Gasteiger partial charge in [-0.15, -0.1) is 5.10 Å². The summed E-state index contributed by atoms with van der Waals surface area (Å²) in [6.07, 6.45) is 6.28. The average molecular weight is 231 g/mol. The zero-order valence-corrected chi connectivity index (χ0v) is 10.7. The van der Waals surface area contributed by atoms with Crippen molar-refractivity contribution in [2.24, 2.45) is 0 Å². The molecule has 1 aromatic carbocycles. The van der Waals surface area contributed by atoms with Crippen molar-refractivity contribution < 1.29 is 0 Å². The van der Waals surface area contributed by atoms with Gasteiger partial charge < -0.3 is 0 Å². The molecule has 92 valence electrons. The van der Waals surface area contributed by atoms with E-state index >= 15 is 0 Å². The summed E-state index contributed by atoms with van der Waals surface area (Å²) >= 11 is 0. The zero-order valence-electron chi connectivity index (χ0n) is 10.7. The molecule has 0 bridgehead atoms. The first-order valence-electron chi connectivity index (χ1n) is 6.66. The van der Waals surface area contributed by atoms with Gasteiger partial charge in [0.25, 0.3) is 0 Å². The van der Waals surface area contributed by atoms with Gasteiger partial charge in [0.1, 0.15) is 5.52 Å². The van der Waals surface area contributed by atoms with Gasteiger partial charge in [0.2, 0.25) is 0 Å². The third-order valence-electron chi connectivity index (χ3n) is 3.37. The Kier molecular flexibility index (Phi) is 4.13. The molecule has 0 aliphatic carbocycles. The van der Waals surface area contributed by atoms with Gasteiger partial charge in [-0.1, -0.05) is 50.5 Å². The molecule has 0 fully saturated rings. The van der Waals surface area contributed by atoms with Gasteiger partial charge >= 0.3 is 0 Å². The standard InChI is InChI=1S/C14H21N3/c1-3-5-8-11(7-4-2)12-9-6-10-13-14(12)16-17-15-13/h6,9-11H,3-5,7-8H2,1-2H3,(H,15,16,17). The highest BCUT2D eigenvalue weighted by Gasteiger charge is 2.14. The van der Waals surface area contributed by atoms with E-state index in [-0.39, 0.29) is 0 Å².